The lowest BCUT2D eigenvalue weighted by atomic mass is 10.1. The van der Waals surface area contributed by atoms with Gasteiger partial charge in [0.15, 0.2) is 0 Å². The summed E-state index contributed by atoms with van der Waals surface area (Å²) in [7, 11) is 0. The Kier molecular flexibility index (Phi) is 2.88. The third kappa shape index (κ3) is 1.71. The number of nitrogens with zero attached hydrogens (tertiary/aromatic N) is 1. The quantitative estimate of drug-likeness (QED) is 0.714. The Bertz CT molecular complexity index is 480. The summed E-state index contributed by atoms with van der Waals surface area (Å²) in [5, 5.41) is 2.36. The molecule has 1 aromatic heterocycles. The van der Waals surface area contributed by atoms with E-state index in [0.29, 0.717) is 0 Å². The monoisotopic (exact) mass is 313 g/mol. The Morgan fingerprint density at radius 1 is 1.21 bits per heavy atom. The van der Waals surface area contributed by atoms with Gasteiger partial charge >= 0.3 is 0 Å². The summed E-state index contributed by atoms with van der Waals surface area (Å²) in [4.78, 5) is 4.25. The molecule has 2 aromatic rings. The number of hydrogen-bond acceptors (Lipinski definition) is 1. The maximum absolute atomic E-state index is 4.25. The van der Waals surface area contributed by atoms with Gasteiger partial charge in [0.25, 0.3) is 0 Å². The third-order valence-electron chi connectivity index (χ3n) is 2.26. The SMILES string of the molecule is CCc1ccc2c(Br)cnc(Br)c2c1. The van der Waals surface area contributed by atoms with Crippen molar-refractivity contribution < 1.29 is 0 Å². The van der Waals surface area contributed by atoms with E-state index in [-0.39, 0.29) is 0 Å². The largest absolute Gasteiger partial charge is 0.248 e. The Hall–Kier alpha value is -0.410. The molecule has 1 heterocycles. The smallest absolute Gasteiger partial charge is 0.113 e. The molecule has 0 aliphatic rings. The number of benzene rings is 1. The number of pyridine rings is 1. The summed E-state index contributed by atoms with van der Waals surface area (Å²) in [5.41, 5.74) is 1.33. The normalized spacial score (nSPS) is 10.8. The van der Waals surface area contributed by atoms with Gasteiger partial charge in [0.05, 0.1) is 0 Å². The second kappa shape index (κ2) is 3.99. The Morgan fingerprint density at radius 2 is 2.00 bits per heavy atom. The summed E-state index contributed by atoms with van der Waals surface area (Å²) in [6.07, 6.45) is 2.87. The van der Waals surface area contributed by atoms with Crippen LogP contribution in [0.5, 0.6) is 0 Å². The van der Waals surface area contributed by atoms with E-state index in [0.717, 1.165) is 15.5 Å². The van der Waals surface area contributed by atoms with E-state index in [1.54, 1.807) is 0 Å². The summed E-state index contributed by atoms with van der Waals surface area (Å²) in [6.45, 7) is 2.15. The first-order valence-electron chi connectivity index (χ1n) is 4.45. The van der Waals surface area contributed by atoms with Crippen LogP contribution in [0.2, 0.25) is 0 Å². The number of aromatic nitrogens is 1. The first kappa shape index (κ1) is 10.1. The molecule has 72 valence electrons. The maximum Gasteiger partial charge on any atom is 0.113 e. The van der Waals surface area contributed by atoms with Gasteiger partial charge < -0.3 is 0 Å². The average molecular weight is 315 g/mol. The summed E-state index contributed by atoms with van der Waals surface area (Å²) in [6, 6.07) is 6.46. The average Bonchev–Trinajstić information content (AvgIpc) is 2.23. The molecule has 2 rings (SSSR count). The molecule has 0 saturated heterocycles. The molecule has 1 aromatic carbocycles. The van der Waals surface area contributed by atoms with Crippen LogP contribution in [-0.4, -0.2) is 4.98 Å². The number of hydrogen-bond donors (Lipinski definition) is 0. The van der Waals surface area contributed by atoms with E-state index in [2.05, 4.69) is 62.0 Å². The molecule has 0 aliphatic carbocycles. The highest BCUT2D eigenvalue weighted by molar-refractivity contribution is 9.11. The van der Waals surface area contributed by atoms with Crippen molar-refractivity contribution in [2.75, 3.05) is 0 Å². The Labute approximate surface area is 99.8 Å². The van der Waals surface area contributed by atoms with Gasteiger partial charge in [-0.3, -0.25) is 0 Å². The number of rotatable bonds is 1. The predicted octanol–water partition coefficient (Wildman–Crippen LogP) is 4.32. The Balaban J connectivity index is 2.80. The fraction of sp³-hybridized carbons (Fsp3) is 0.182. The van der Waals surface area contributed by atoms with Crippen molar-refractivity contribution >= 4 is 42.6 Å². The molecule has 0 N–H and O–H groups in total. The highest BCUT2D eigenvalue weighted by Crippen LogP contribution is 2.28. The van der Waals surface area contributed by atoms with E-state index >= 15 is 0 Å². The van der Waals surface area contributed by atoms with Gasteiger partial charge in [-0.05, 0) is 49.9 Å². The summed E-state index contributed by atoms with van der Waals surface area (Å²) >= 11 is 6.96. The van der Waals surface area contributed by atoms with Gasteiger partial charge in [0.2, 0.25) is 0 Å². The van der Waals surface area contributed by atoms with Gasteiger partial charge in [-0.15, -0.1) is 0 Å². The van der Waals surface area contributed by atoms with Crippen LogP contribution in [0.25, 0.3) is 10.8 Å². The molecular formula is C11H9Br2N. The Morgan fingerprint density at radius 3 is 2.71 bits per heavy atom. The minimum atomic E-state index is 0.908. The van der Waals surface area contributed by atoms with Crippen LogP contribution in [0.3, 0.4) is 0 Å². The molecule has 0 fully saturated rings. The second-order valence-electron chi connectivity index (χ2n) is 3.13. The minimum Gasteiger partial charge on any atom is -0.248 e. The number of halogens is 2. The van der Waals surface area contributed by atoms with Crippen LogP contribution in [-0.2, 0) is 6.42 Å². The third-order valence-corrected chi connectivity index (χ3v) is 3.53. The van der Waals surface area contributed by atoms with Crippen molar-refractivity contribution in [1.82, 2.24) is 4.98 Å². The van der Waals surface area contributed by atoms with Crippen LogP contribution < -0.4 is 0 Å². The lowest BCUT2D eigenvalue weighted by Crippen LogP contribution is -1.85. The molecular weight excluding hydrogens is 306 g/mol. The molecule has 0 spiro atoms. The van der Waals surface area contributed by atoms with Gasteiger partial charge in [0, 0.05) is 21.4 Å². The van der Waals surface area contributed by atoms with Crippen LogP contribution in [0.4, 0.5) is 0 Å². The zero-order valence-corrected chi connectivity index (χ0v) is 10.9. The van der Waals surface area contributed by atoms with Crippen LogP contribution in [0.15, 0.2) is 33.5 Å². The van der Waals surface area contributed by atoms with E-state index in [1.165, 1.54) is 16.3 Å². The fourth-order valence-corrected chi connectivity index (χ4v) is 2.32. The van der Waals surface area contributed by atoms with E-state index < -0.39 is 0 Å². The second-order valence-corrected chi connectivity index (χ2v) is 4.74. The van der Waals surface area contributed by atoms with Gasteiger partial charge in [-0.2, -0.15) is 0 Å². The molecule has 0 atom stereocenters. The van der Waals surface area contributed by atoms with Crippen molar-refractivity contribution in [2.45, 2.75) is 13.3 Å². The summed E-state index contributed by atoms with van der Waals surface area (Å²) in [5.74, 6) is 0. The summed E-state index contributed by atoms with van der Waals surface area (Å²) < 4.78 is 1.95. The van der Waals surface area contributed by atoms with Gasteiger partial charge in [-0.25, -0.2) is 4.98 Å². The molecule has 3 heteroatoms. The van der Waals surface area contributed by atoms with Crippen LogP contribution in [0.1, 0.15) is 12.5 Å². The fourth-order valence-electron chi connectivity index (χ4n) is 1.44. The lowest BCUT2D eigenvalue weighted by molar-refractivity contribution is 1.14. The van der Waals surface area contributed by atoms with E-state index in [4.69, 9.17) is 0 Å². The van der Waals surface area contributed by atoms with Crippen LogP contribution >= 0.6 is 31.9 Å². The molecule has 14 heavy (non-hydrogen) atoms. The van der Waals surface area contributed by atoms with Gasteiger partial charge in [0.1, 0.15) is 4.60 Å². The molecule has 0 radical (unpaired) electrons. The first-order valence-corrected chi connectivity index (χ1v) is 6.03. The van der Waals surface area contributed by atoms with Crippen LogP contribution in [0, 0.1) is 0 Å². The van der Waals surface area contributed by atoms with Crippen molar-refractivity contribution in [3.8, 4) is 0 Å². The standard InChI is InChI=1S/C11H9Br2N/c1-2-7-3-4-8-9(5-7)11(13)14-6-10(8)12/h3-6H,2H2,1H3. The van der Waals surface area contributed by atoms with E-state index in [1.807, 2.05) is 6.20 Å². The molecule has 1 nitrogen and oxygen atoms in total. The zero-order valence-electron chi connectivity index (χ0n) is 7.72. The van der Waals surface area contributed by atoms with Crippen molar-refractivity contribution in [3.05, 3.63) is 39.0 Å². The van der Waals surface area contributed by atoms with Gasteiger partial charge in [-0.1, -0.05) is 19.1 Å². The molecule has 0 amide bonds. The number of aryl methyl sites for hydroxylation is 1. The van der Waals surface area contributed by atoms with Crippen molar-refractivity contribution in [1.29, 1.82) is 0 Å². The highest BCUT2D eigenvalue weighted by Gasteiger charge is 2.03. The maximum atomic E-state index is 4.25. The predicted molar refractivity (Wildman–Crippen MR) is 66.5 cm³/mol. The number of fused-ring (bicyclic) bond motifs is 1. The lowest BCUT2D eigenvalue weighted by Gasteiger charge is -2.04. The highest BCUT2D eigenvalue weighted by atomic mass is 79.9. The molecule has 0 unspecified atom stereocenters. The van der Waals surface area contributed by atoms with Crippen molar-refractivity contribution in [2.24, 2.45) is 0 Å². The van der Waals surface area contributed by atoms with E-state index in [9.17, 15) is 0 Å². The first-order chi connectivity index (χ1) is 6.72. The molecule has 0 aliphatic heterocycles. The topological polar surface area (TPSA) is 12.9 Å². The molecule has 0 saturated carbocycles. The minimum absolute atomic E-state index is 0.908. The van der Waals surface area contributed by atoms with Crippen molar-refractivity contribution in [3.63, 3.8) is 0 Å². The zero-order chi connectivity index (χ0) is 10.1. The molecule has 0 bridgehead atoms.